The van der Waals surface area contributed by atoms with Gasteiger partial charge in [0, 0.05) is 57.4 Å². The summed E-state index contributed by atoms with van der Waals surface area (Å²) in [7, 11) is 0. The van der Waals surface area contributed by atoms with Crippen LogP contribution in [0.15, 0.2) is 0 Å². The van der Waals surface area contributed by atoms with E-state index in [1.807, 2.05) is 6.92 Å². The van der Waals surface area contributed by atoms with Crippen molar-refractivity contribution in [2.24, 2.45) is 0 Å². The second-order valence-electron chi connectivity index (χ2n) is 8.88. The summed E-state index contributed by atoms with van der Waals surface area (Å²) in [4.78, 5) is 31.7. The molecule has 0 aromatic heterocycles. The minimum atomic E-state index is -0.0711. The molecule has 2 N–H and O–H groups in total. The molecule has 0 aromatic carbocycles. The van der Waals surface area contributed by atoms with Crippen molar-refractivity contribution < 1.29 is 9.59 Å². The molecule has 1 unspecified atom stereocenters. The lowest BCUT2D eigenvalue weighted by Gasteiger charge is -2.37. The maximum absolute atomic E-state index is 12.4. The first-order valence-corrected chi connectivity index (χ1v) is 10.9. The lowest BCUT2D eigenvalue weighted by molar-refractivity contribution is -0.128. The van der Waals surface area contributed by atoms with Crippen molar-refractivity contribution in [3.63, 3.8) is 0 Å². The minimum Gasteiger partial charge on any atom is -0.352 e. The standard InChI is InChI=1S/C20H35N5O2/c1-15(20(27)22-16-2-3-16)24-12-10-23(11-13-24)14-19(26)21-17-6-8-25(9-7-17)18-4-5-18/h15-18H,2-14H2,1H3,(H,21,26)(H,22,27). The van der Waals surface area contributed by atoms with Gasteiger partial charge >= 0.3 is 0 Å². The van der Waals surface area contributed by atoms with Crippen molar-refractivity contribution in [3.8, 4) is 0 Å². The van der Waals surface area contributed by atoms with Gasteiger partial charge in [0.25, 0.3) is 0 Å². The summed E-state index contributed by atoms with van der Waals surface area (Å²) in [6.07, 6.45) is 7.16. The zero-order valence-corrected chi connectivity index (χ0v) is 16.7. The highest BCUT2D eigenvalue weighted by molar-refractivity contribution is 5.82. The first-order valence-electron chi connectivity index (χ1n) is 10.9. The molecule has 1 atom stereocenters. The molecule has 2 aliphatic heterocycles. The Morgan fingerprint density at radius 2 is 1.48 bits per heavy atom. The van der Waals surface area contributed by atoms with E-state index in [-0.39, 0.29) is 17.9 Å². The van der Waals surface area contributed by atoms with Gasteiger partial charge in [-0.3, -0.25) is 19.4 Å². The van der Waals surface area contributed by atoms with Crippen molar-refractivity contribution in [1.82, 2.24) is 25.3 Å². The molecule has 2 aliphatic carbocycles. The number of nitrogens with zero attached hydrogens (tertiary/aromatic N) is 3. The molecular formula is C20H35N5O2. The summed E-state index contributed by atoms with van der Waals surface area (Å²) >= 11 is 0. The van der Waals surface area contributed by atoms with Gasteiger partial charge < -0.3 is 15.5 Å². The number of carbonyl (C=O) groups is 2. The van der Waals surface area contributed by atoms with Gasteiger partial charge in [-0.05, 0) is 45.4 Å². The van der Waals surface area contributed by atoms with Crippen LogP contribution in [0, 0.1) is 0 Å². The number of nitrogens with one attached hydrogen (secondary N) is 2. The molecule has 0 bridgehead atoms. The maximum atomic E-state index is 12.4. The van der Waals surface area contributed by atoms with Crippen molar-refractivity contribution in [3.05, 3.63) is 0 Å². The lowest BCUT2D eigenvalue weighted by Crippen LogP contribution is -2.56. The molecule has 2 amide bonds. The first-order chi connectivity index (χ1) is 13.1. The largest absolute Gasteiger partial charge is 0.352 e. The van der Waals surface area contributed by atoms with E-state index in [2.05, 4.69) is 25.3 Å². The number of piperazine rings is 1. The van der Waals surface area contributed by atoms with Crippen LogP contribution in [0.4, 0.5) is 0 Å². The van der Waals surface area contributed by atoms with Crippen LogP contribution in [-0.4, -0.2) is 96.5 Å². The Morgan fingerprint density at radius 1 is 0.852 bits per heavy atom. The Kier molecular flexibility index (Phi) is 5.99. The molecule has 152 valence electrons. The average molecular weight is 378 g/mol. The zero-order valence-electron chi connectivity index (χ0n) is 16.7. The summed E-state index contributed by atoms with van der Waals surface area (Å²) in [5.74, 6) is 0.314. The number of piperidine rings is 1. The summed E-state index contributed by atoms with van der Waals surface area (Å²) in [5.41, 5.74) is 0. The second-order valence-corrected chi connectivity index (χ2v) is 8.88. The number of likely N-dealkylation sites (tertiary alicyclic amines) is 1. The van der Waals surface area contributed by atoms with Crippen LogP contribution in [0.3, 0.4) is 0 Å². The van der Waals surface area contributed by atoms with Crippen LogP contribution >= 0.6 is 0 Å². The molecule has 0 aromatic rings. The predicted octanol–water partition coefficient (Wildman–Crippen LogP) is 0.0141. The predicted molar refractivity (Wildman–Crippen MR) is 104 cm³/mol. The van der Waals surface area contributed by atoms with E-state index in [9.17, 15) is 9.59 Å². The van der Waals surface area contributed by atoms with E-state index in [1.165, 1.54) is 12.8 Å². The van der Waals surface area contributed by atoms with Crippen LogP contribution in [0.1, 0.15) is 45.4 Å². The van der Waals surface area contributed by atoms with Crippen molar-refractivity contribution in [2.75, 3.05) is 45.8 Å². The van der Waals surface area contributed by atoms with Crippen LogP contribution in [-0.2, 0) is 9.59 Å². The third-order valence-corrected chi connectivity index (χ3v) is 6.58. The fourth-order valence-corrected chi connectivity index (χ4v) is 4.35. The zero-order chi connectivity index (χ0) is 18.8. The quantitative estimate of drug-likeness (QED) is 0.654. The number of amides is 2. The summed E-state index contributed by atoms with van der Waals surface area (Å²) in [6, 6.07) is 1.53. The Bertz CT molecular complexity index is 532. The van der Waals surface area contributed by atoms with Gasteiger partial charge in [-0.1, -0.05) is 0 Å². The Labute approximate surface area is 162 Å². The molecule has 7 heteroatoms. The minimum absolute atomic E-state index is 0.0711. The van der Waals surface area contributed by atoms with E-state index in [4.69, 9.17) is 0 Å². The smallest absolute Gasteiger partial charge is 0.237 e. The van der Waals surface area contributed by atoms with Crippen LogP contribution in [0.5, 0.6) is 0 Å². The summed E-state index contributed by atoms with van der Waals surface area (Å²) in [5, 5.41) is 6.33. The van der Waals surface area contributed by atoms with Gasteiger partial charge in [0.05, 0.1) is 12.6 Å². The third-order valence-electron chi connectivity index (χ3n) is 6.58. The van der Waals surface area contributed by atoms with Gasteiger partial charge in [0.15, 0.2) is 0 Å². The van der Waals surface area contributed by atoms with E-state index in [0.717, 1.165) is 71.0 Å². The molecule has 27 heavy (non-hydrogen) atoms. The highest BCUT2D eigenvalue weighted by Gasteiger charge is 2.33. The van der Waals surface area contributed by atoms with E-state index in [0.29, 0.717) is 18.6 Å². The topological polar surface area (TPSA) is 67.9 Å². The molecule has 2 saturated carbocycles. The Hall–Kier alpha value is -1.18. The Morgan fingerprint density at radius 3 is 2.07 bits per heavy atom. The van der Waals surface area contributed by atoms with Crippen LogP contribution < -0.4 is 10.6 Å². The lowest BCUT2D eigenvalue weighted by atomic mass is 10.0. The molecule has 2 heterocycles. The number of carbonyl (C=O) groups excluding carboxylic acids is 2. The monoisotopic (exact) mass is 377 g/mol. The summed E-state index contributed by atoms with van der Waals surface area (Å²) in [6.45, 7) is 8.17. The van der Waals surface area contributed by atoms with E-state index in [1.54, 1.807) is 0 Å². The first kappa shape index (κ1) is 19.2. The van der Waals surface area contributed by atoms with Gasteiger partial charge in [-0.15, -0.1) is 0 Å². The van der Waals surface area contributed by atoms with Gasteiger partial charge in [-0.25, -0.2) is 0 Å². The number of rotatable bonds is 7. The highest BCUT2D eigenvalue weighted by atomic mass is 16.2. The summed E-state index contributed by atoms with van der Waals surface area (Å²) < 4.78 is 0. The molecule has 4 aliphatic rings. The van der Waals surface area contributed by atoms with Crippen molar-refractivity contribution in [2.45, 2.75) is 69.6 Å². The Balaban J connectivity index is 1.12. The fraction of sp³-hybridized carbons (Fsp3) is 0.900. The SMILES string of the molecule is CC(C(=O)NC1CC1)N1CCN(CC(=O)NC2CCN(C3CC3)CC2)CC1. The van der Waals surface area contributed by atoms with Gasteiger partial charge in [0.1, 0.15) is 0 Å². The maximum Gasteiger partial charge on any atom is 0.237 e. The van der Waals surface area contributed by atoms with Crippen LogP contribution in [0.2, 0.25) is 0 Å². The van der Waals surface area contributed by atoms with Gasteiger partial charge in [0.2, 0.25) is 11.8 Å². The van der Waals surface area contributed by atoms with E-state index >= 15 is 0 Å². The molecule has 4 rings (SSSR count). The molecule has 4 fully saturated rings. The molecule has 7 nitrogen and oxygen atoms in total. The normalized spacial score (nSPS) is 27.3. The van der Waals surface area contributed by atoms with Crippen molar-refractivity contribution in [1.29, 1.82) is 0 Å². The number of hydrogen-bond donors (Lipinski definition) is 2. The second kappa shape index (κ2) is 8.45. The third kappa shape index (κ3) is 5.42. The van der Waals surface area contributed by atoms with Crippen molar-refractivity contribution >= 4 is 11.8 Å². The molecule has 2 saturated heterocycles. The van der Waals surface area contributed by atoms with E-state index < -0.39 is 0 Å². The molecule has 0 spiro atoms. The molecule has 0 radical (unpaired) electrons. The molecular weight excluding hydrogens is 342 g/mol. The van der Waals surface area contributed by atoms with Crippen LogP contribution in [0.25, 0.3) is 0 Å². The number of hydrogen-bond acceptors (Lipinski definition) is 5. The fourth-order valence-electron chi connectivity index (χ4n) is 4.35. The van der Waals surface area contributed by atoms with Gasteiger partial charge in [-0.2, -0.15) is 0 Å². The highest BCUT2D eigenvalue weighted by Crippen LogP contribution is 2.29. The average Bonchev–Trinajstić information content (AvgIpc) is 3.56.